The van der Waals surface area contributed by atoms with Gasteiger partial charge in [-0.05, 0) is 36.8 Å². The number of alkyl halides is 3. The average Bonchev–Trinajstić information content (AvgIpc) is 3.56. The lowest BCUT2D eigenvalue weighted by Crippen LogP contribution is -2.61. The Morgan fingerprint density at radius 2 is 1.67 bits per heavy atom. The normalized spacial score (nSPS) is 15.6. The summed E-state index contributed by atoms with van der Waals surface area (Å²) in [6.45, 7) is 9.18. The van der Waals surface area contributed by atoms with E-state index in [-0.39, 0.29) is 16.9 Å². The maximum atomic E-state index is 14.6. The molecule has 0 aliphatic carbocycles. The molecule has 5 aromatic rings. The Morgan fingerprint density at radius 3 is 2.24 bits per heavy atom. The van der Waals surface area contributed by atoms with Gasteiger partial charge in [-0.1, -0.05) is 20.8 Å². The second-order valence-electron chi connectivity index (χ2n) is 12.6. The summed E-state index contributed by atoms with van der Waals surface area (Å²) in [6, 6.07) is 6.47. The monoisotopic (exact) mass is 581 g/mol. The lowest BCUT2D eigenvalue weighted by Gasteiger charge is -2.48. The number of rotatable bonds is 4. The summed E-state index contributed by atoms with van der Waals surface area (Å²) in [5, 5.41) is 4.09. The largest absolute Gasteiger partial charge is 0.417 e. The molecule has 9 nitrogen and oxygen atoms in total. The van der Waals surface area contributed by atoms with E-state index in [4.69, 9.17) is 9.72 Å². The van der Waals surface area contributed by atoms with Crippen LogP contribution in [0.15, 0.2) is 41.5 Å². The van der Waals surface area contributed by atoms with Gasteiger partial charge in [-0.3, -0.25) is 18.4 Å². The number of anilines is 1. The molecule has 6 rings (SSSR count). The number of imidazole rings is 2. The third kappa shape index (κ3) is 4.22. The Kier molecular flexibility index (Phi) is 6.00. The van der Waals surface area contributed by atoms with Gasteiger partial charge in [0.1, 0.15) is 5.82 Å². The highest BCUT2D eigenvalue weighted by atomic mass is 19.4. The van der Waals surface area contributed by atoms with Crippen LogP contribution in [-0.2, 0) is 37.5 Å². The maximum absolute atomic E-state index is 14.6. The number of hydrogen-bond acceptors (Lipinski definition) is 5. The minimum absolute atomic E-state index is 0.0224. The van der Waals surface area contributed by atoms with Crippen molar-refractivity contribution >= 4 is 27.8 Å². The van der Waals surface area contributed by atoms with Crippen molar-refractivity contribution in [3.8, 4) is 16.8 Å². The van der Waals surface area contributed by atoms with Gasteiger partial charge in [-0.2, -0.15) is 18.3 Å². The van der Waals surface area contributed by atoms with Crippen molar-refractivity contribution < 1.29 is 17.9 Å². The first-order chi connectivity index (χ1) is 19.5. The molecule has 1 aliphatic rings. The lowest BCUT2D eigenvalue weighted by atomic mass is 9.94. The van der Waals surface area contributed by atoms with Crippen LogP contribution in [-0.4, -0.2) is 54.3 Å². The number of ether oxygens (including phenoxy) is 1. The van der Waals surface area contributed by atoms with Gasteiger partial charge in [0.05, 0.1) is 50.8 Å². The molecule has 0 bridgehead atoms. The topological polar surface area (TPSA) is 75.0 Å². The van der Waals surface area contributed by atoms with Crippen LogP contribution in [0.2, 0.25) is 0 Å². The Hall–Kier alpha value is -4.06. The Labute approximate surface area is 240 Å². The van der Waals surface area contributed by atoms with E-state index in [1.807, 2.05) is 39.8 Å². The number of fused-ring (bicyclic) bond motifs is 2. The number of aromatic nitrogens is 6. The van der Waals surface area contributed by atoms with E-state index in [1.165, 1.54) is 23.0 Å². The van der Waals surface area contributed by atoms with Crippen LogP contribution in [0, 0.1) is 0 Å². The molecule has 0 N–H and O–H groups in total. The van der Waals surface area contributed by atoms with Crippen LogP contribution in [0.4, 0.5) is 18.9 Å². The third-order valence-electron chi connectivity index (χ3n) is 8.25. The molecule has 1 aliphatic heterocycles. The summed E-state index contributed by atoms with van der Waals surface area (Å²) in [6.07, 6.45) is -1.62. The fourth-order valence-electron chi connectivity index (χ4n) is 5.97. The molecule has 0 spiro atoms. The molecule has 2 aromatic carbocycles. The van der Waals surface area contributed by atoms with E-state index in [0.29, 0.717) is 46.7 Å². The van der Waals surface area contributed by atoms with E-state index >= 15 is 0 Å². The minimum Gasteiger partial charge on any atom is -0.375 e. The van der Waals surface area contributed by atoms with Gasteiger partial charge in [0.2, 0.25) is 0 Å². The summed E-state index contributed by atoms with van der Waals surface area (Å²) < 4.78 is 55.8. The number of halogens is 3. The van der Waals surface area contributed by atoms with Crippen LogP contribution in [0.5, 0.6) is 0 Å². The van der Waals surface area contributed by atoms with Crippen molar-refractivity contribution in [2.24, 2.45) is 21.1 Å². The average molecular weight is 582 g/mol. The first kappa shape index (κ1) is 28.1. The third-order valence-corrected chi connectivity index (χ3v) is 8.25. The molecule has 0 atom stereocenters. The van der Waals surface area contributed by atoms with E-state index in [2.05, 4.69) is 10.00 Å². The van der Waals surface area contributed by atoms with Gasteiger partial charge >= 0.3 is 11.9 Å². The first-order valence-corrected chi connectivity index (χ1v) is 13.7. The predicted octanol–water partition coefficient (Wildman–Crippen LogP) is 5.16. The minimum atomic E-state index is -4.61. The summed E-state index contributed by atoms with van der Waals surface area (Å²) in [7, 11) is 6.77. The summed E-state index contributed by atoms with van der Waals surface area (Å²) in [5.74, 6) is 0.602. The Bertz CT molecular complexity index is 1930. The second-order valence-corrected chi connectivity index (χ2v) is 12.6. The van der Waals surface area contributed by atoms with Gasteiger partial charge in [0, 0.05) is 58.5 Å². The van der Waals surface area contributed by atoms with Gasteiger partial charge in [-0.15, -0.1) is 0 Å². The second kappa shape index (κ2) is 8.97. The van der Waals surface area contributed by atoms with Crippen LogP contribution >= 0.6 is 0 Å². The van der Waals surface area contributed by atoms with Crippen molar-refractivity contribution in [3.05, 3.63) is 58.5 Å². The molecule has 0 amide bonds. The summed E-state index contributed by atoms with van der Waals surface area (Å²) in [4.78, 5) is 20.1. The first-order valence-electron chi connectivity index (χ1n) is 13.7. The quantitative estimate of drug-likeness (QED) is 0.293. The fraction of sp³-hybridized carbons (Fsp3) is 0.433. The van der Waals surface area contributed by atoms with Crippen LogP contribution in [0.3, 0.4) is 0 Å². The highest BCUT2D eigenvalue weighted by Crippen LogP contribution is 2.42. The lowest BCUT2D eigenvalue weighted by molar-refractivity contribution is -0.137. The van der Waals surface area contributed by atoms with Crippen molar-refractivity contribution in [2.75, 3.05) is 25.1 Å². The van der Waals surface area contributed by atoms with Crippen molar-refractivity contribution in [2.45, 2.75) is 44.9 Å². The SMILES string of the molecule is COC1(C)CN(c2cc(-n3c(C(C)(C)C)nc4cc(-c5cnn(C)c5)c(C(F)(F)F)cc43)cc3c2n(C)c(=O)n3C)C1. The van der Waals surface area contributed by atoms with Crippen molar-refractivity contribution in [3.63, 3.8) is 0 Å². The van der Waals surface area contributed by atoms with E-state index in [1.54, 1.807) is 48.2 Å². The van der Waals surface area contributed by atoms with E-state index in [9.17, 15) is 18.0 Å². The maximum Gasteiger partial charge on any atom is 0.417 e. The number of hydrogen-bond donors (Lipinski definition) is 0. The zero-order chi connectivity index (χ0) is 30.5. The molecule has 12 heteroatoms. The molecule has 3 aromatic heterocycles. The predicted molar refractivity (Wildman–Crippen MR) is 156 cm³/mol. The molecule has 222 valence electrons. The smallest absolute Gasteiger partial charge is 0.375 e. The molecular formula is C30H34F3N7O2. The molecule has 0 radical (unpaired) electrons. The Balaban J connectivity index is 1.68. The highest BCUT2D eigenvalue weighted by molar-refractivity contribution is 5.94. The number of nitrogens with zero attached hydrogens (tertiary/aromatic N) is 7. The van der Waals surface area contributed by atoms with Gasteiger partial charge in [-0.25, -0.2) is 9.78 Å². The molecule has 0 saturated carbocycles. The number of methoxy groups -OCH3 is 1. The van der Waals surface area contributed by atoms with Crippen LogP contribution < -0.4 is 10.6 Å². The standard InChI is InChI=1S/C30H34F3N7O2/c1-28(2,3)26-35-21-11-19(17-13-34-36(5)14-17)20(30(31,32)33)12-22(21)40(26)18-9-23-25(38(7)27(41)37(23)6)24(10-18)39-15-29(4,16-39)42-8/h9-14H,15-16H2,1-8H3. The molecule has 42 heavy (non-hydrogen) atoms. The van der Waals surface area contributed by atoms with Gasteiger partial charge < -0.3 is 9.64 Å². The zero-order valence-corrected chi connectivity index (χ0v) is 25.0. The molecular weight excluding hydrogens is 547 g/mol. The van der Waals surface area contributed by atoms with E-state index in [0.717, 1.165) is 11.2 Å². The van der Waals surface area contributed by atoms with Crippen molar-refractivity contribution in [1.82, 2.24) is 28.5 Å². The number of aryl methyl sites for hydroxylation is 3. The summed E-state index contributed by atoms with van der Waals surface area (Å²) in [5.41, 5.74) is 2.20. The van der Waals surface area contributed by atoms with Gasteiger partial charge in [0.15, 0.2) is 0 Å². The number of benzene rings is 2. The van der Waals surface area contributed by atoms with E-state index < -0.39 is 17.2 Å². The Morgan fingerprint density at radius 1 is 0.976 bits per heavy atom. The zero-order valence-electron chi connectivity index (χ0n) is 25.0. The molecule has 1 fully saturated rings. The van der Waals surface area contributed by atoms with Crippen LogP contribution in [0.25, 0.3) is 38.9 Å². The molecule has 1 saturated heterocycles. The van der Waals surface area contributed by atoms with Crippen LogP contribution in [0.1, 0.15) is 39.1 Å². The molecule has 4 heterocycles. The molecule has 0 unspecified atom stereocenters. The van der Waals surface area contributed by atoms with Gasteiger partial charge in [0.25, 0.3) is 0 Å². The summed E-state index contributed by atoms with van der Waals surface area (Å²) >= 11 is 0. The van der Waals surface area contributed by atoms with Crippen molar-refractivity contribution in [1.29, 1.82) is 0 Å². The highest BCUT2D eigenvalue weighted by Gasteiger charge is 2.41. The fourth-order valence-corrected chi connectivity index (χ4v) is 5.97.